The van der Waals surface area contributed by atoms with Gasteiger partial charge in [-0.15, -0.1) is 11.3 Å². The summed E-state index contributed by atoms with van der Waals surface area (Å²) in [6.45, 7) is 1.84. The number of rotatable bonds is 4. The highest BCUT2D eigenvalue weighted by molar-refractivity contribution is 9.11. The number of hydrogen-bond acceptors (Lipinski definition) is 5. The summed E-state index contributed by atoms with van der Waals surface area (Å²) in [5.41, 5.74) is 3.10. The number of nitrogens with one attached hydrogen (secondary N) is 1. The molecule has 2 heterocycles. The van der Waals surface area contributed by atoms with Gasteiger partial charge in [0.25, 0.3) is 0 Å². The Labute approximate surface area is 152 Å². The number of methoxy groups -OCH3 is 1. The van der Waals surface area contributed by atoms with Crippen LogP contribution in [0.25, 0.3) is 21.3 Å². The average molecular weight is 427 g/mol. The number of thiophene rings is 1. The molecule has 0 atom stereocenters. The molecule has 126 valence electrons. The van der Waals surface area contributed by atoms with Gasteiger partial charge in [-0.05, 0) is 46.6 Å². The molecule has 5 nitrogen and oxygen atoms in total. The van der Waals surface area contributed by atoms with Crippen molar-refractivity contribution in [3.63, 3.8) is 0 Å². The molecule has 8 heteroatoms. The first-order chi connectivity index (χ1) is 11.3. The second kappa shape index (κ2) is 6.34. The van der Waals surface area contributed by atoms with Gasteiger partial charge in [0.1, 0.15) is 10.6 Å². The van der Waals surface area contributed by atoms with Gasteiger partial charge in [-0.1, -0.05) is 12.1 Å². The highest BCUT2D eigenvalue weighted by Crippen LogP contribution is 2.45. The van der Waals surface area contributed by atoms with Gasteiger partial charge in [-0.3, -0.25) is 4.72 Å². The summed E-state index contributed by atoms with van der Waals surface area (Å²) in [7, 11) is -1.79. The van der Waals surface area contributed by atoms with Crippen LogP contribution in [0.15, 0.2) is 34.1 Å². The van der Waals surface area contributed by atoms with E-state index in [-0.39, 0.29) is 0 Å². The van der Waals surface area contributed by atoms with Gasteiger partial charge >= 0.3 is 0 Å². The van der Waals surface area contributed by atoms with Gasteiger partial charge < -0.3 is 4.74 Å². The number of hydrogen-bond donors (Lipinski definition) is 1. The fraction of sp³-hybridized carbons (Fsp3) is 0.188. The molecule has 1 N–H and O–H groups in total. The summed E-state index contributed by atoms with van der Waals surface area (Å²) in [6.07, 6.45) is 1.14. The number of pyridine rings is 1. The van der Waals surface area contributed by atoms with Crippen molar-refractivity contribution < 1.29 is 13.2 Å². The number of aryl methyl sites for hydroxylation is 1. The summed E-state index contributed by atoms with van der Waals surface area (Å²) in [6, 6.07) is 9.38. The molecule has 2 aromatic heterocycles. The van der Waals surface area contributed by atoms with E-state index < -0.39 is 10.0 Å². The molecule has 0 aliphatic carbocycles. The summed E-state index contributed by atoms with van der Waals surface area (Å²) >= 11 is 5.06. The first kappa shape index (κ1) is 17.2. The number of ether oxygens (including phenoxy) is 1. The number of sulfonamides is 1. The standard InChI is InChI=1S/C16H15BrN2O3S2/c1-9-7-12(19-24(3,20)21)14-13(15(17)23-16(14)18-9)10-5-4-6-11(8-10)22-2/h4-8H,1-3H3,(H,18,19). The van der Waals surface area contributed by atoms with Crippen LogP contribution < -0.4 is 9.46 Å². The molecule has 1 aromatic carbocycles. The van der Waals surface area contributed by atoms with E-state index in [1.165, 1.54) is 11.3 Å². The molecular formula is C16H15BrN2O3S2. The maximum absolute atomic E-state index is 11.8. The van der Waals surface area contributed by atoms with Crippen LogP contribution in [0.1, 0.15) is 5.69 Å². The van der Waals surface area contributed by atoms with E-state index in [0.717, 1.165) is 42.8 Å². The van der Waals surface area contributed by atoms with Gasteiger partial charge in [0.05, 0.1) is 22.8 Å². The molecule has 0 bridgehead atoms. The molecular weight excluding hydrogens is 412 g/mol. The highest BCUT2D eigenvalue weighted by Gasteiger charge is 2.19. The second-order valence-corrected chi connectivity index (χ2v) is 9.41. The van der Waals surface area contributed by atoms with E-state index in [1.807, 2.05) is 31.2 Å². The van der Waals surface area contributed by atoms with Crippen molar-refractivity contribution in [3.05, 3.63) is 39.8 Å². The van der Waals surface area contributed by atoms with Gasteiger partial charge in [-0.2, -0.15) is 0 Å². The number of anilines is 1. The third-order valence-corrected chi connectivity index (χ3v) is 5.75. The fourth-order valence-electron chi connectivity index (χ4n) is 2.51. The first-order valence-corrected chi connectivity index (χ1v) is 10.5. The molecule has 0 saturated carbocycles. The SMILES string of the molecule is COc1cccc(-c2c(Br)sc3nc(C)cc(NS(C)(=O)=O)c23)c1. The van der Waals surface area contributed by atoms with Crippen molar-refractivity contribution in [2.75, 3.05) is 18.1 Å². The lowest BCUT2D eigenvalue weighted by Crippen LogP contribution is -2.10. The molecule has 24 heavy (non-hydrogen) atoms. The molecule has 0 amide bonds. The third-order valence-electron chi connectivity index (χ3n) is 3.40. The van der Waals surface area contributed by atoms with Crippen LogP contribution in [-0.2, 0) is 10.0 Å². The topological polar surface area (TPSA) is 68.3 Å². The zero-order chi connectivity index (χ0) is 17.5. The molecule has 0 saturated heterocycles. The normalized spacial score (nSPS) is 11.7. The minimum absolute atomic E-state index is 0.528. The monoisotopic (exact) mass is 426 g/mol. The quantitative estimate of drug-likeness (QED) is 0.670. The van der Waals surface area contributed by atoms with E-state index in [1.54, 1.807) is 13.2 Å². The van der Waals surface area contributed by atoms with E-state index in [2.05, 4.69) is 25.6 Å². The molecule has 0 unspecified atom stereocenters. The van der Waals surface area contributed by atoms with E-state index in [9.17, 15) is 8.42 Å². The Morgan fingerprint density at radius 2 is 2.04 bits per heavy atom. The van der Waals surface area contributed by atoms with Crippen molar-refractivity contribution in [2.24, 2.45) is 0 Å². The van der Waals surface area contributed by atoms with Crippen LogP contribution in [0.5, 0.6) is 5.75 Å². The second-order valence-electron chi connectivity index (χ2n) is 5.35. The lowest BCUT2D eigenvalue weighted by Gasteiger charge is -2.10. The number of aromatic nitrogens is 1. The summed E-state index contributed by atoms with van der Waals surface area (Å²) in [5, 5.41) is 0.774. The van der Waals surface area contributed by atoms with Crippen LogP contribution >= 0.6 is 27.3 Å². The van der Waals surface area contributed by atoms with Crippen molar-refractivity contribution in [1.82, 2.24) is 4.98 Å². The van der Waals surface area contributed by atoms with Crippen molar-refractivity contribution in [3.8, 4) is 16.9 Å². The Morgan fingerprint density at radius 3 is 2.71 bits per heavy atom. The molecule has 0 aliphatic heterocycles. The van der Waals surface area contributed by atoms with Crippen molar-refractivity contribution in [1.29, 1.82) is 0 Å². The summed E-state index contributed by atoms with van der Waals surface area (Å²) in [5.74, 6) is 0.733. The minimum atomic E-state index is -3.40. The number of benzene rings is 1. The molecule has 0 spiro atoms. The van der Waals surface area contributed by atoms with Crippen molar-refractivity contribution in [2.45, 2.75) is 6.92 Å². The Morgan fingerprint density at radius 1 is 1.29 bits per heavy atom. The van der Waals surface area contributed by atoms with E-state index in [4.69, 9.17) is 4.74 Å². The van der Waals surface area contributed by atoms with Gasteiger partial charge in [0.15, 0.2) is 0 Å². The fourth-order valence-corrected chi connectivity index (χ4v) is 4.95. The summed E-state index contributed by atoms with van der Waals surface area (Å²) in [4.78, 5) is 5.31. The van der Waals surface area contributed by atoms with Gasteiger partial charge in [0.2, 0.25) is 10.0 Å². The zero-order valence-corrected chi connectivity index (χ0v) is 16.5. The van der Waals surface area contributed by atoms with Crippen LogP contribution in [0.4, 0.5) is 5.69 Å². The molecule has 0 fully saturated rings. The predicted molar refractivity (Wildman–Crippen MR) is 103 cm³/mol. The lowest BCUT2D eigenvalue weighted by molar-refractivity contribution is 0.415. The largest absolute Gasteiger partial charge is 0.497 e. The highest BCUT2D eigenvalue weighted by atomic mass is 79.9. The molecule has 3 rings (SSSR count). The molecule has 0 radical (unpaired) electrons. The molecule has 3 aromatic rings. The average Bonchev–Trinajstić information content (AvgIpc) is 2.81. The van der Waals surface area contributed by atoms with Crippen LogP contribution in [0.3, 0.4) is 0 Å². The van der Waals surface area contributed by atoms with Gasteiger partial charge in [0, 0.05) is 16.6 Å². The lowest BCUT2D eigenvalue weighted by atomic mass is 10.0. The Hall–Kier alpha value is -1.64. The smallest absolute Gasteiger partial charge is 0.229 e. The van der Waals surface area contributed by atoms with E-state index >= 15 is 0 Å². The van der Waals surface area contributed by atoms with Crippen LogP contribution in [-0.4, -0.2) is 26.8 Å². The number of fused-ring (bicyclic) bond motifs is 1. The number of halogens is 1. The first-order valence-electron chi connectivity index (χ1n) is 7.00. The number of nitrogens with zero attached hydrogens (tertiary/aromatic N) is 1. The summed E-state index contributed by atoms with van der Waals surface area (Å²) < 4.78 is 32.3. The van der Waals surface area contributed by atoms with Crippen LogP contribution in [0.2, 0.25) is 0 Å². The third kappa shape index (κ3) is 3.40. The minimum Gasteiger partial charge on any atom is -0.497 e. The Balaban J connectivity index is 2.33. The van der Waals surface area contributed by atoms with Gasteiger partial charge in [-0.25, -0.2) is 13.4 Å². The van der Waals surface area contributed by atoms with Crippen LogP contribution in [0, 0.1) is 6.92 Å². The maximum atomic E-state index is 11.8. The maximum Gasteiger partial charge on any atom is 0.229 e. The van der Waals surface area contributed by atoms with E-state index in [0.29, 0.717) is 5.69 Å². The Kier molecular flexibility index (Phi) is 4.54. The molecule has 0 aliphatic rings. The van der Waals surface area contributed by atoms with Crippen molar-refractivity contribution >= 4 is 53.2 Å². The predicted octanol–water partition coefficient (Wildman–Crippen LogP) is 4.41. The zero-order valence-electron chi connectivity index (χ0n) is 13.3. The Bertz CT molecular complexity index is 1030.